The maximum atomic E-state index is 13.1. The molecule has 264 valence electrons. The van der Waals surface area contributed by atoms with Crippen molar-refractivity contribution in [3.8, 4) is 0 Å². The molecule has 0 aromatic carbocycles. The molecule has 0 aromatic heterocycles. The van der Waals surface area contributed by atoms with Crippen molar-refractivity contribution in [2.45, 2.75) is 91.9 Å². The van der Waals surface area contributed by atoms with E-state index in [0.717, 1.165) is 106 Å². The molecule has 2 saturated carbocycles. The Morgan fingerprint density at radius 1 is 0.571 bits per heavy atom. The summed E-state index contributed by atoms with van der Waals surface area (Å²) in [5.41, 5.74) is 6.51. The van der Waals surface area contributed by atoms with Gasteiger partial charge in [-0.25, -0.2) is 0 Å². The quantitative estimate of drug-likeness (QED) is 0.104. The van der Waals surface area contributed by atoms with Crippen LogP contribution in [0.25, 0.3) is 0 Å². The molecule has 0 aromatic rings. The van der Waals surface area contributed by atoms with Crippen molar-refractivity contribution in [3.05, 3.63) is 64.2 Å². The normalized spacial score (nSPS) is 21.0. The summed E-state index contributed by atoms with van der Waals surface area (Å²) in [7, 11) is 0. The molecule has 12 nitrogen and oxygen atoms in total. The van der Waals surface area contributed by atoms with Gasteiger partial charge in [0.05, 0.1) is 0 Å². The predicted molar refractivity (Wildman–Crippen MR) is 181 cm³/mol. The second-order valence-electron chi connectivity index (χ2n) is 13.0. The van der Waals surface area contributed by atoms with Gasteiger partial charge in [0.25, 0.3) is 0 Å². The van der Waals surface area contributed by atoms with Crippen molar-refractivity contribution < 1.29 is 47.3 Å². The topological polar surface area (TPSA) is 175 Å². The van der Waals surface area contributed by atoms with Gasteiger partial charge in [0, 0.05) is 0 Å². The van der Waals surface area contributed by atoms with Crippen molar-refractivity contribution in [2.24, 2.45) is 11.8 Å². The minimum atomic E-state index is -1.39. The Hall–Kier alpha value is -4.05. The van der Waals surface area contributed by atoms with Gasteiger partial charge in [-0.3, -0.25) is 0 Å². The Labute approximate surface area is 296 Å². The molecule has 13 heteroatoms. The standard InChI is InChI=1S/2C18H24N3O3.Mo/c2*1-12-8-15(17(21-11-23)16(12)20-10-22)13(2)9-19-18(24)14-6-4-3-5-7-14;/h2*10-11,14H,3-7,9H2,1-2H3,(H,19,24)(H,20,22)(H,21,23);. The number of nitrogens with one attached hydrogen (secondary N) is 6. The molecule has 0 aliphatic heterocycles. The molecule has 0 radical (unpaired) electrons. The van der Waals surface area contributed by atoms with Gasteiger partial charge >= 0.3 is 298 Å². The summed E-state index contributed by atoms with van der Waals surface area (Å²) in [4.78, 5) is 73.4. The van der Waals surface area contributed by atoms with Crippen LogP contribution in [0.15, 0.2) is 64.2 Å². The van der Waals surface area contributed by atoms with Crippen LogP contribution in [0, 0.1) is 11.8 Å². The number of hydrogen-bond donors (Lipinski definition) is 6. The third kappa shape index (κ3) is 8.76. The summed E-state index contributed by atoms with van der Waals surface area (Å²) < 4.78 is 1.85. The molecule has 0 unspecified atom stereocenters. The zero-order valence-electron chi connectivity index (χ0n) is 28.8. The molecular weight excluding hydrogens is 708 g/mol. The molecule has 0 bridgehead atoms. The average Bonchev–Trinajstić information content (AvgIpc) is 3.52. The van der Waals surface area contributed by atoms with Crippen LogP contribution >= 0.6 is 0 Å². The number of amides is 6. The number of rotatable bonds is 16. The first kappa shape index (κ1) is 37.8. The maximum absolute atomic E-state index is 13.1. The summed E-state index contributed by atoms with van der Waals surface area (Å²) in [5.74, 6) is -0.00838. The zero-order chi connectivity index (χ0) is 35.5. The molecule has 0 heterocycles. The molecule has 4 aliphatic carbocycles. The summed E-state index contributed by atoms with van der Waals surface area (Å²) >= 11 is -1.39. The van der Waals surface area contributed by atoms with E-state index in [4.69, 9.17) is 0 Å². The van der Waals surface area contributed by atoms with E-state index in [2.05, 4.69) is 31.9 Å². The molecule has 0 saturated heterocycles. The van der Waals surface area contributed by atoms with Gasteiger partial charge in [0.1, 0.15) is 0 Å². The van der Waals surface area contributed by atoms with Gasteiger partial charge in [-0.05, 0) is 0 Å². The number of carbonyl (C=O) groups excluding carboxylic acids is 6. The molecule has 2 fully saturated rings. The first-order chi connectivity index (χ1) is 23.7. The summed E-state index contributed by atoms with van der Waals surface area (Å²) in [6, 6.07) is 0. The van der Waals surface area contributed by atoms with Gasteiger partial charge in [0.2, 0.25) is 0 Å². The number of carbonyl (C=O) groups is 6. The molecule has 49 heavy (non-hydrogen) atoms. The Balaban J connectivity index is 1.75. The van der Waals surface area contributed by atoms with E-state index in [9.17, 15) is 28.8 Å². The predicted octanol–water partition coefficient (Wildman–Crippen LogP) is 3.08. The fourth-order valence-electron chi connectivity index (χ4n) is 7.15. The number of hydrogen-bond acceptors (Lipinski definition) is 6. The Bertz CT molecular complexity index is 1440. The summed E-state index contributed by atoms with van der Waals surface area (Å²) in [6.45, 7) is 8.09. The van der Waals surface area contributed by atoms with Crippen LogP contribution in [-0.2, 0) is 47.3 Å². The Morgan fingerprint density at radius 2 is 0.898 bits per heavy atom. The van der Waals surface area contributed by atoms with E-state index in [1.54, 1.807) is 0 Å². The molecule has 6 amide bonds. The van der Waals surface area contributed by atoms with Crippen LogP contribution < -0.4 is 31.9 Å². The summed E-state index contributed by atoms with van der Waals surface area (Å²) in [6.07, 6.45) is 12.2. The third-order valence-corrected chi connectivity index (χ3v) is 13.3. The molecule has 4 aliphatic rings. The van der Waals surface area contributed by atoms with E-state index < -0.39 is 18.6 Å². The first-order valence-corrected chi connectivity index (χ1v) is 19.0. The van der Waals surface area contributed by atoms with Crippen LogP contribution in [0.2, 0.25) is 0 Å². The second-order valence-corrected chi connectivity index (χ2v) is 15.5. The van der Waals surface area contributed by atoms with Gasteiger partial charge in [-0.1, -0.05) is 0 Å². The molecule has 4 rings (SSSR count). The third-order valence-electron chi connectivity index (χ3n) is 9.76. The minimum absolute atomic E-state index is 0.0142. The SMILES string of the molecule is CC(CNC(=O)C1CCCCC1)=C1C(NC=O)=C(NC=O)C(C)=[C]1[Mo][C]1=C(C)C(NC=O)=C(NC=O)C1=C(C)CNC(=O)C1CCCCC1. The fourth-order valence-corrected chi connectivity index (χ4v) is 10.8. The second kappa shape index (κ2) is 18.1. The first-order valence-electron chi connectivity index (χ1n) is 17.0. The van der Waals surface area contributed by atoms with E-state index in [-0.39, 0.29) is 36.7 Å². The van der Waals surface area contributed by atoms with Crippen molar-refractivity contribution in [3.63, 3.8) is 0 Å². The van der Waals surface area contributed by atoms with Gasteiger partial charge in [0.15, 0.2) is 0 Å². The van der Waals surface area contributed by atoms with E-state index in [1.165, 1.54) is 0 Å². The van der Waals surface area contributed by atoms with E-state index >= 15 is 0 Å². The van der Waals surface area contributed by atoms with E-state index in [0.29, 0.717) is 48.4 Å². The van der Waals surface area contributed by atoms with Crippen LogP contribution in [0.3, 0.4) is 0 Å². The zero-order valence-corrected chi connectivity index (χ0v) is 30.8. The van der Waals surface area contributed by atoms with Crippen LogP contribution in [0.5, 0.6) is 0 Å². The van der Waals surface area contributed by atoms with Crippen molar-refractivity contribution in [1.82, 2.24) is 31.9 Å². The fraction of sp³-hybridized carbons (Fsp3) is 0.500. The number of allylic oxidation sites excluding steroid dienone is 4. The molecular formula is C36H48MoN6O6. The van der Waals surface area contributed by atoms with Gasteiger partial charge in [-0.2, -0.15) is 0 Å². The summed E-state index contributed by atoms with van der Waals surface area (Å²) in [5, 5.41) is 17.3. The van der Waals surface area contributed by atoms with Crippen LogP contribution in [-0.4, -0.2) is 50.5 Å². The van der Waals surface area contributed by atoms with Gasteiger partial charge in [-0.15, -0.1) is 0 Å². The monoisotopic (exact) mass is 758 g/mol. The molecule has 0 atom stereocenters. The molecule has 6 N–H and O–H groups in total. The average molecular weight is 757 g/mol. The van der Waals surface area contributed by atoms with Crippen molar-refractivity contribution >= 4 is 37.5 Å². The van der Waals surface area contributed by atoms with Crippen LogP contribution in [0.1, 0.15) is 91.9 Å². The van der Waals surface area contributed by atoms with Gasteiger partial charge < -0.3 is 0 Å². The Morgan fingerprint density at radius 3 is 1.22 bits per heavy atom. The molecule has 0 spiro atoms. The van der Waals surface area contributed by atoms with Crippen LogP contribution in [0.4, 0.5) is 0 Å². The van der Waals surface area contributed by atoms with Crippen molar-refractivity contribution in [1.29, 1.82) is 0 Å². The Kier molecular flexibility index (Phi) is 13.9. The van der Waals surface area contributed by atoms with E-state index in [1.807, 2.05) is 27.7 Å². The van der Waals surface area contributed by atoms with Crippen molar-refractivity contribution in [2.75, 3.05) is 13.1 Å².